The molecule has 1 aliphatic rings. The number of hydrogen-bond acceptors (Lipinski definition) is 10. The van der Waals surface area contributed by atoms with Crippen LogP contribution in [0, 0.1) is 24.2 Å². The van der Waals surface area contributed by atoms with E-state index in [9.17, 15) is 23.3 Å². The monoisotopic (exact) mass is 687 g/mol. The van der Waals surface area contributed by atoms with Gasteiger partial charge in [-0.2, -0.15) is 13.7 Å². The average molecular weight is 688 g/mol. The van der Waals surface area contributed by atoms with Gasteiger partial charge in [0.2, 0.25) is 5.91 Å². The van der Waals surface area contributed by atoms with E-state index in [0.29, 0.717) is 60.5 Å². The number of ether oxygens (including phenoxy) is 1. The van der Waals surface area contributed by atoms with Crippen molar-refractivity contribution in [1.82, 2.24) is 25.2 Å². The third-order valence-corrected chi connectivity index (χ3v) is 9.56. The lowest BCUT2D eigenvalue weighted by molar-refractivity contribution is -0.126. The summed E-state index contributed by atoms with van der Waals surface area (Å²) in [5, 5.41) is 19.4. The van der Waals surface area contributed by atoms with E-state index in [2.05, 4.69) is 32.0 Å². The van der Waals surface area contributed by atoms with Gasteiger partial charge in [-0.25, -0.2) is 9.97 Å². The van der Waals surface area contributed by atoms with E-state index < -0.39 is 10.1 Å². The van der Waals surface area contributed by atoms with Gasteiger partial charge >= 0.3 is 0 Å². The molecule has 0 aliphatic heterocycles. The van der Waals surface area contributed by atoms with Gasteiger partial charge in [0.05, 0.1) is 41.5 Å². The minimum absolute atomic E-state index is 0.0624. The first-order chi connectivity index (χ1) is 23.5. The Hall–Kier alpha value is -4.84. The SMILES string of the molecule is Cc1ccc(S(=O)(=O)OCCOCCNC(=O)C2CCC(NC(=O)c3cnc(-n4ccc5cc(C#N)cnc54)cc3NC(C)C)CC2)cc1. The molecule has 49 heavy (non-hydrogen) atoms. The van der Waals surface area contributed by atoms with Crippen molar-refractivity contribution < 1.29 is 26.9 Å². The first kappa shape index (κ1) is 35.5. The van der Waals surface area contributed by atoms with Crippen LogP contribution in [0.3, 0.4) is 0 Å². The molecule has 13 nitrogen and oxygen atoms in total. The fraction of sp³-hybridized carbons (Fsp3) is 0.400. The average Bonchev–Trinajstić information content (AvgIpc) is 3.51. The highest BCUT2D eigenvalue weighted by molar-refractivity contribution is 7.86. The lowest BCUT2D eigenvalue weighted by Crippen LogP contribution is -2.41. The molecule has 3 aromatic heterocycles. The maximum atomic E-state index is 13.4. The van der Waals surface area contributed by atoms with Gasteiger partial charge in [0, 0.05) is 54.6 Å². The number of amides is 2. The van der Waals surface area contributed by atoms with Crippen LogP contribution in [0.1, 0.15) is 61.0 Å². The predicted octanol–water partition coefficient (Wildman–Crippen LogP) is 4.25. The second-order valence-electron chi connectivity index (χ2n) is 12.3. The lowest BCUT2D eigenvalue weighted by atomic mass is 9.85. The molecule has 1 aromatic carbocycles. The molecule has 0 atom stereocenters. The minimum Gasteiger partial charge on any atom is -0.382 e. The van der Waals surface area contributed by atoms with Crippen LogP contribution in [0.25, 0.3) is 16.9 Å². The van der Waals surface area contributed by atoms with E-state index in [1.807, 2.05) is 43.7 Å². The zero-order valence-electron chi connectivity index (χ0n) is 27.8. The van der Waals surface area contributed by atoms with Crippen molar-refractivity contribution in [2.75, 3.05) is 31.7 Å². The van der Waals surface area contributed by atoms with E-state index in [1.54, 1.807) is 24.4 Å². The summed E-state index contributed by atoms with van der Waals surface area (Å²) < 4.78 is 36.7. The molecule has 14 heteroatoms. The van der Waals surface area contributed by atoms with Gasteiger partial charge in [-0.15, -0.1) is 0 Å². The third-order valence-electron chi connectivity index (χ3n) is 8.24. The zero-order chi connectivity index (χ0) is 35.0. The highest BCUT2D eigenvalue weighted by atomic mass is 32.2. The molecule has 258 valence electrons. The number of hydrogen-bond donors (Lipinski definition) is 3. The smallest absolute Gasteiger partial charge is 0.297 e. The minimum atomic E-state index is -3.84. The van der Waals surface area contributed by atoms with Crippen molar-refractivity contribution >= 4 is 38.7 Å². The van der Waals surface area contributed by atoms with Gasteiger partial charge in [-0.1, -0.05) is 17.7 Å². The van der Waals surface area contributed by atoms with E-state index >= 15 is 0 Å². The van der Waals surface area contributed by atoms with Gasteiger partial charge in [0.25, 0.3) is 16.0 Å². The second-order valence-corrected chi connectivity index (χ2v) is 14.0. The summed E-state index contributed by atoms with van der Waals surface area (Å²) in [6.45, 7) is 6.33. The summed E-state index contributed by atoms with van der Waals surface area (Å²) in [6, 6.07) is 14.0. The molecule has 1 aliphatic carbocycles. The number of fused-ring (bicyclic) bond motifs is 1. The molecule has 4 aromatic rings. The van der Waals surface area contributed by atoms with Crippen LogP contribution in [0.5, 0.6) is 0 Å². The van der Waals surface area contributed by atoms with Crippen molar-refractivity contribution in [3.8, 4) is 11.9 Å². The number of benzene rings is 1. The number of aromatic nitrogens is 3. The largest absolute Gasteiger partial charge is 0.382 e. The maximum Gasteiger partial charge on any atom is 0.297 e. The van der Waals surface area contributed by atoms with Gasteiger partial charge in [0.1, 0.15) is 17.5 Å². The second kappa shape index (κ2) is 16.0. The maximum absolute atomic E-state index is 13.4. The number of pyridine rings is 2. The van der Waals surface area contributed by atoms with E-state index in [4.69, 9.17) is 8.92 Å². The fourth-order valence-electron chi connectivity index (χ4n) is 5.69. The molecule has 2 amide bonds. The molecular weight excluding hydrogens is 646 g/mol. The lowest BCUT2D eigenvalue weighted by Gasteiger charge is -2.28. The summed E-state index contributed by atoms with van der Waals surface area (Å²) in [5.74, 6) is 0.121. The number of anilines is 1. The quantitative estimate of drug-likeness (QED) is 0.128. The Bertz CT molecular complexity index is 1930. The number of nitrogens with zero attached hydrogens (tertiary/aromatic N) is 4. The summed E-state index contributed by atoms with van der Waals surface area (Å²) in [7, 11) is -3.84. The van der Waals surface area contributed by atoms with E-state index in [1.165, 1.54) is 18.3 Å². The number of nitrogens with one attached hydrogen (secondary N) is 3. The zero-order valence-corrected chi connectivity index (χ0v) is 28.6. The van der Waals surface area contributed by atoms with Gasteiger partial charge in [0.15, 0.2) is 0 Å². The normalized spacial score (nSPS) is 16.3. The number of carbonyl (C=O) groups is 2. The topological polar surface area (TPSA) is 177 Å². The summed E-state index contributed by atoms with van der Waals surface area (Å²) in [4.78, 5) is 35.3. The summed E-state index contributed by atoms with van der Waals surface area (Å²) in [5.41, 5.74) is 3.15. The van der Waals surface area contributed by atoms with Crippen LogP contribution in [0.2, 0.25) is 0 Å². The standard InChI is InChI=1S/C35H41N7O6S/c1-23(2)40-31-19-32(42-14-12-27-18-25(20-36)21-39-33(27)42)38-22-30(31)35(44)41-28-8-6-26(7-9-28)34(43)37-13-15-47-16-17-48-49(45,46)29-10-4-24(3)5-11-29/h4-5,10-12,14,18-19,21-23,26,28H,6-9,13,15-17H2,1-3H3,(H,37,43)(H,38,40)(H,41,44). The fourth-order valence-corrected chi connectivity index (χ4v) is 6.58. The van der Waals surface area contributed by atoms with Crippen molar-refractivity contribution in [1.29, 1.82) is 5.26 Å². The molecule has 5 rings (SSSR count). The van der Waals surface area contributed by atoms with Crippen LogP contribution in [0.4, 0.5) is 5.69 Å². The van der Waals surface area contributed by atoms with Gasteiger partial charge < -0.3 is 20.7 Å². The Kier molecular flexibility index (Phi) is 11.6. The molecule has 3 heterocycles. The molecule has 0 unspecified atom stereocenters. The van der Waals surface area contributed by atoms with Crippen LogP contribution >= 0.6 is 0 Å². The molecule has 0 spiro atoms. The van der Waals surface area contributed by atoms with Crippen molar-refractivity contribution in [2.24, 2.45) is 5.92 Å². The van der Waals surface area contributed by atoms with Crippen molar-refractivity contribution in [3.05, 3.63) is 77.7 Å². The number of nitriles is 1. The Morgan fingerprint density at radius 2 is 1.78 bits per heavy atom. The third kappa shape index (κ3) is 9.20. The number of carbonyl (C=O) groups excluding carboxylic acids is 2. The number of aryl methyl sites for hydroxylation is 1. The van der Waals surface area contributed by atoms with Crippen molar-refractivity contribution in [2.45, 2.75) is 63.4 Å². The van der Waals surface area contributed by atoms with Crippen LogP contribution in [-0.2, 0) is 23.8 Å². The van der Waals surface area contributed by atoms with Gasteiger partial charge in [-0.3, -0.25) is 18.3 Å². The predicted molar refractivity (Wildman–Crippen MR) is 184 cm³/mol. The highest BCUT2D eigenvalue weighted by Gasteiger charge is 2.28. The Labute approximate surface area is 286 Å². The van der Waals surface area contributed by atoms with Crippen LogP contribution in [0.15, 0.2) is 66.0 Å². The molecule has 3 N–H and O–H groups in total. The molecule has 1 fully saturated rings. The van der Waals surface area contributed by atoms with E-state index in [0.717, 1.165) is 10.9 Å². The van der Waals surface area contributed by atoms with E-state index in [-0.39, 0.29) is 54.5 Å². The number of rotatable bonds is 14. The molecule has 1 saturated carbocycles. The Morgan fingerprint density at radius 3 is 2.49 bits per heavy atom. The summed E-state index contributed by atoms with van der Waals surface area (Å²) in [6.07, 6.45) is 7.51. The summed E-state index contributed by atoms with van der Waals surface area (Å²) >= 11 is 0. The first-order valence-corrected chi connectivity index (χ1v) is 17.7. The Morgan fingerprint density at radius 1 is 1.02 bits per heavy atom. The molecular formula is C35H41N7O6S. The Balaban J connectivity index is 1.06. The highest BCUT2D eigenvalue weighted by Crippen LogP contribution is 2.27. The van der Waals surface area contributed by atoms with Crippen molar-refractivity contribution in [3.63, 3.8) is 0 Å². The molecule has 0 saturated heterocycles. The van der Waals surface area contributed by atoms with Crippen LogP contribution < -0.4 is 16.0 Å². The first-order valence-electron chi connectivity index (χ1n) is 16.3. The molecule has 0 bridgehead atoms. The van der Waals surface area contributed by atoms with Crippen LogP contribution in [-0.4, -0.2) is 73.2 Å². The van der Waals surface area contributed by atoms with Gasteiger partial charge in [-0.05, 0) is 70.7 Å². The molecule has 0 radical (unpaired) electrons.